The summed E-state index contributed by atoms with van der Waals surface area (Å²) in [6.07, 6.45) is 0.185. The van der Waals surface area contributed by atoms with Crippen molar-refractivity contribution in [2.75, 3.05) is 26.9 Å². The monoisotopic (exact) mass is 531 g/mol. The van der Waals surface area contributed by atoms with Gasteiger partial charge in [-0.3, -0.25) is 14.4 Å². The molecule has 0 aromatic heterocycles. The predicted molar refractivity (Wildman–Crippen MR) is 137 cm³/mol. The molecule has 1 amide bonds. The number of carboxylic acid groups (broad SMARTS) is 1. The summed E-state index contributed by atoms with van der Waals surface area (Å²) in [7, 11) is 1.54. The molecule has 0 unspecified atom stereocenters. The van der Waals surface area contributed by atoms with Crippen molar-refractivity contribution in [3.05, 3.63) is 64.2 Å². The lowest BCUT2D eigenvalue weighted by atomic mass is 9.83. The van der Waals surface area contributed by atoms with Crippen molar-refractivity contribution in [2.45, 2.75) is 64.3 Å². The Hall–Kier alpha value is -3.33. The predicted octanol–water partition coefficient (Wildman–Crippen LogP) is 4.78. The van der Waals surface area contributed by atoms with Crippen molar-refractivity contribution in [3.63, 3.8) is 0 Å². The summed E-state index contributed by atoms with van der Waals surface area (Å²) in [5.74, 6) is -2.62. The SMILES string of the molecule is CCOCC(C)(C)c1c(F)cc(CC(=O)[C@H]2c3ccc(OC)cc3CCN2C(=O)CCCC(=O)O)cc1F. The summed E-state index contributed by atoms with van der Waals surface area (Å²) in [5, 5.41) is 8.92. The number of carbonyl (C=O) groups is 3. The molecule has 7 nitrogen and oxygen atoms in total. The van der Waals surface area contributed by atoms with E-state index in [0.29, 0.717) is 24.3 Å². The number of halogens is 2. The molecule has 2 aromatic rings. The average Bonchev–Trinajstić information content (AvgIpc) is 2.85. The minimum absolute atomic E-state index is 0.0194. The number of methoxy groups -OCH3 is 1. The lowest BCUT2D eigenvalue weighted by molar-refractivity contribution is -0.141. The molecular weight excluding hydrogens is 496 g/mol. The normalized spacial score (nSPS) is 15.2. The topological polar surface area (TPSA) is 93.1 Å². The zero-order valence-electron chi connectivity index (χ0n) is 22.3. The van der Waals surface area contributed by atoms with E-state index < -0.39 is 29.1 Å². The highest BCUT2D eigenvalue weighted by molar-refractivity contribution is 5.92. The van der Waals surface area contributed by atoms with Gasteiger partial charge in [0, 0.05) is 43.4 Å². The summed E-state index contributed by atoms with van der Waals surface area (Å²) in [4.78, 5) is 39.0. The van der Waals surface area contributed by atoms with Gasteiger partial charge in [-0.1, -0.05) is 19.9 Å². The third-order valence-electron chi connectivity index (χ3n) is 6.81. The smallest absolute Gasteiger partial charge is 0.303 e. The van der Waals surface area contributed by atoms with Crippen LogP contribution in [0.5, 0.6) is 5.75 Å². The third-order valence-corrected chi connectivity index (χ3v) is 6.81. The highest BCUT2D eigenvalue weighted by atomic mass is 19.1. The standard InChI is InChI=1S/C29H35F2NO6/c1-5-38-17-29(2,3)27-22(30)13-18(14-23(27)31)15-24(33)28-21-10-9-20(37-4)16-19(21)11-12-32(28)25(34)7-6-8-26(35)36/h9-10,13-14,16,28H,5-8,11-12,15,17H2,1-4H3,(H,35,36)/t28-/m1/s1. The van der Waals surface area contributed by atoms with E-state index >= 15 is 8.78 Å². The van der Waals surface area contributed by atoms with E-state index in [1.54, 1.807) is 32.9 Å². The lowest BCUT2D eigenvalue weighted by Gasteiger charge is -2.37. The van der Waals surface area contributed by atoms with Gasteiger partial charge in [-0.2, -0.15) is 0 Å². The van der Waals surface area contributed by atoms with E-state index in [9.17, 15) is 14.4 Å². The molecule has 38 heavy (non-hydrogen) atoms. The Kier molecular flexibility index (Phi) is 9.60. The second-order valence-corrected chi connectivity index (χ2v) is 10.2. The molecule has 1 atom stereocenters. The Bertz CT molecular complexity index is 1170. The van der Waals surface area contributed by atoms with Gasteiger partial charge in [-0.25, -0.2) is 8.78 Å². The van der Waals surface area contributed by atoms with Crippen LogP contribution in [0.15, 0.2) is 30.3 Å². The van der Waals surface area contributed by atoms with Gasteiger partial charge in [-0.15, -0.1) is 0 Å². The van der Waals surface area contributed by atoms with Gasteiger partial charge in [0.25, 0.3) is 0 Å². The highest BCUT2D eigenvalue weighted by Crippen LogP contribution is 2.35. The highest BCUT2D eigenvalue weighted by Gasteiger charge is 2.36. The number of fused-ring (bicyclic) bond motifs is 1. The number of carbonyl (C=O) groups excluding carboxylic acids is 2. The summed E-state index contributed by atoms with van der Waals surface area (Å²) in [6.45, 7) is 6.00. The van der Waals surface area contributed by atoms with E-state index in [4.69, 9.17) is 14.6 Å². The van der Waals surface area contributed by atoms with E-state index in [0.717, 1.165) is 5.56 Å². The van der Waals surface area contributed by atoms with Crippen LogP contribution in [0, 0.1) is 11.6 Å². The molecule has 1 aliphatic rings. The molecule has 0 fully saturated rings. The molecule has 9 heteroatoms. The number of rotatable bonds is 12. The first-order valence-electron chi connectivity index (χ1n) is 12.8. The molecular formula is C29H35F2NO6. The second-order valence-electron chi connectivity index (χ2n) is 10.2. The van der Waals surface area contributed by atoms with Crippen LogP contribution < -0.4 is 4.74 Å². The fraction of sp³-hybridized carbons (Fsp3) is 0.483. The molecule has 1 aliphatic heterocycles. The van der Waals surface area contributed by atoms with Crippen LogP contribution in [0.2, 0.25) is 0 Å². The number of nitrogens with zero attached hydrogens (tertiary/aromatic N) is 1. The summed E-state index contributed by atoms with van der Waals surface area (Å²) in [6, 6.07) is 6.63. The zero-order chi connectivity index (χ0) is 28.0. The maximum Gasteiger partial charge on any atom is 0.303 e. The number of amides is 1. The van der Waals surface area contributed by atoms with Crippen LogP contribution in [0.3, 0.4) is 0 Å². The molecule has 0 saturated heterocycles. The van der Waals surface area contributed by atoms with Gasteiger partial charge in [0.2, 0.25) is 5.91 Å². The van der Waals surface area contributed by atoms with Gasteiger partial charge in [-0.05, 0) is 60.7 Å². The molecule has 206 valence electrons. The lowest BCUT2D eigenvalue weighted by Crippen LogP contribution is -2.44. The van der Waals surface area contributed by atoms with Crippen LogP contribution in [0.1, 0.15) is 68.3 Å². The number of aliphatic carboxylic acids is 1. The average molecular weight is 532 g/mol. The second kappa shape index (κ2) is 12.5. The number of hydrogen-bond donors (Lipinski definition) is 1. The molecule has 0 bridgehead atoms. The first-order valence-corrected chi connectivity index (χ1v) is 12.8. The number of ketones is 1. The van der Waals surface area contributed by atoms with Crippen molar-refractivity contribution in [3.8, 4) is 5.75 Å². The van der Waals surface area contributed by atoms with Crippen LogP contribution in [0.25, 0.3) is 0 Å². The Balaban J connectivity index is 1.91. The number of benzene rings is 2. The zero-order valence-corrected chi connectivity index (χ0v) is 22.3. The summed E-state index contributed by atoms with van der Waals surface area (Å²) in [5.41, 5.74) is 0.631. The van der Waals surface area contributed by atoms with Crippen molar-refractivity contribution in [1.82, 2.24) is 4.90 Å². The van der Waals surface area contributed by atoms with Gasteiger partial charge in [0.1, 0.15) is 23.4 Å². The molecule has 0 aliphatic carbocycles. The van der Waals surface area contributed by atoms with Crippen molar-refractivity contribution in [1.29, 1.82) is 0 Å². The fourth-order valence-corrected chi connectivity index (χ4v) is 4.98. The van der Waals surface area contributed by atoms with Crippen molar-refractivity contribution in [2.24, 2.45) is 0 Å². The minimum atomic E-state index is -1.00. The van der Waals surface area contributed by atoms with Gasteiger partial charge >= 0.3 is 5.97 Å². The van der Waals surface area contributed by atoms with Gasteiger partial charge < -0.3 is 19.5 Å². The summed E-state index contributed by atoms with van der Waals surface area (Å²) < 4.78 is 40.9. The molecule has 1 N–H and O–H groups in total. The Morgan fingerprint density at radius 2 is 1.79 bits per heavy atom. The molecule has 1 heterocycles. The Labute approximate surface area is 221 Å². The van der Waals surface area contributed by atoms with Gasteiger partial charge in [0.15, 0.2) is 5.78 Å². The fourth-order valence-electron chi connectivity index (χ4n) is 4.98. The largest absolute Gasteiger partial charge is 0.497 e. The molecule has 0 radical (unpaired) electrons. The molecule has 0 saturated carbocycles. The van der Waals surface area contributed by atoms with Crippen LogP contribution in [-0.2, 0) is 37.4 Å². The number of Topliss-reactive ketones (excluding diaryl/α,β-unsaturated/α-hetero) is 1. The van der Waals surface area contributed by atoms with Crippen LogP contribution >= 0.6 is 0 Å². The van der Waals surface area contributed by atoms with Crippen molar-refractivity contribution >= 4 is 17.7 Å². The minimum Gasteiger partial charge on any atom is -0.497 e. The Morgan fingerprint density at radius 3 is 2.39 bits per heavy atom. The van der Waals surface area contributed by atoms with Crippen LogP contribution in [-0.4, -0.2) is 54.5 Å². The third kappa shape index (κ3) is 6.75. The maximum atomic E-state index is 15.1. The molecule has 0 spiro atoms. The summed E-state index contributed by atoms with van der Waals surface area (Å²) >= 11 is 0. The number of ether oxygens (including phenoxy) is 2. The maximum absolute atomic E-state index is 15.1. The Morgan fingerprint density at radius 1 is 1.11 bits per heavy atom. The van der Waals surface area contributed by atoms with Gasteiger partial charge in [0.05, 0.1) is 13.7 Å². The van der Waals surface area contributed by atoms with E-state index in [1.165, 1.54) is 24.1 Å². The number of hydrogen-bond acceptors (Lipinski definition) is 5. The van der Waals surface area contributed by atoms with E-state index in [2.05, 4.69) is 0 Å². The quantitative estimate of drug-likeness (QED) is 0.424. The molecule has 3 rings (SSSR count). The first kappa shape index (κ1) is 29.2. The molecule has 2 aromatic carbocycles. The first-order chi connectivity index (χ1) is 18.0. The van der Waals surface area contributed by atoms with E-state index in [-0.39, 0.29) is 61.7 Å². The number of carboxylic acids is 1. The van der Waals surface area contributed by atoms with Crippen molar-refractivity contribution < 1.29 is 37.7 Å². The van der Waals surface area contributed by atoms with Crippen LogP contribution in [0.4, 0.5) is 8.78 Å². The van der Waals surface area contributed by atoms with E-state index in [1.807, 2.05) is 6.07 Å².